The van der Waals surface area contributed by atoms with Gasteiger partial charge in [0.2, 0.25) is 0 Å². The van der Waals surface area contributed by atoms with Crippen LogP contribution < -0.4 is 0 Å². The van der Waals surface area contributed by atoms with Gasteiger partial charge in [-0.25, -0.2) is 14.6 Å². The number of hydrogen-bond acceptors (Lipinski definition) is 5. The third-order valence-electron chi connectivity index (χ3n) is 3.95. The van der Waals surface area contributed by atoms with Crippen molar-refractivity contribution in [1.29, 1.82) is 0 Å². The summed E-state index contributed by atoms with van der Waals surface area (Å²) in [5.41, 5.74) is 8.28. The minimum Gasteiger partial charge on any atom is -0.296 e. The summed E-state index contributed by atoms with van der Waals surface area (Å²) in [5.74, 6) is 0. The molecule has 6 heteroatoms. The first-order chi connectivity index (χ1) is 11.1. The lowest BCUT2D eigenvalue weighted by Crippen LogP contribution is -2.18. The van der Waals surface area contributed by atoms with E-state index in [1.54, 1.807) is 24.0 Å². The van der Waals surface area contributed by atoms with E-state index in [9.17, 15) is 0 Å². The molecule has 5 nitrogen and oxygen atoms in total. The molecule has 0 unspecified atom stereocenters. The van der Waals surface area contributed by atoms with Crippen LogP contribution in [-0.4, -0.2) is 31.7 Å². The Kier molecular flexibility index (Phi) is 4.83. The Labute approximate surface area is 140 Å². The lowest BCUT2D eigenvalue weighted by molar-refractivity contribution is 0.315. The van der Waals surface area contributed by atoms with E-state index in [1.807, 2.05) is 10.2 Å². The van der Waals surface area contributed by atoms with E-state index >= 15 is 0 Å². The highest BCUT2D eigenvalue weighted by Crippen LogP contribution is 2.19. The molecule has 0 aliphatic rings. The molecule has 2 heterocycles. The van der Waals surface area contributed by atoms with Crippen molar-refractivity contribution < 1.29 is 0 Å². The summed E-state index contributed by atoms with van der Waals surface area (Å²) in [6, 6.07) is 4.56. The molecule has 0 N–H and O–H groups in total. The fourth-order valence-electron chi connectivity index (χ4n) is 2.72. The van der Waals surface area contributed by atoms with Crippen LogP contribution in [0.15, 0.2) is 35.7 Å². The number of thiazole rings is 1. The average molecular weight is 327 g/mol. The minimum atomic E-state index is 0.759. The van der Waals surface area contributed by atoms with Gasteiger partial charge in [-0.1, -0.05) is 12.1 Å². The van der Waals surface area contributed by atoms with Gasteiger partial charge in [0.1, 0.15) is 12.7 Å². The molecular formula is C17H21N5S. The van der Waals surface area contributed by atoms with Crippen LogP contribution in [0, 0.1) is 13.8 Å². The summed E-state index contributed by atoms with van der Waals surface area (Å²) in [4.78, 5) is 10.7. The van der Waals surface area contributed by atoms with Gasteiger partial charge in [-0.3, -0.25) is 4.90 Å². The summed E-state index contributed by atoms with van der Waals surface area (Å²) in [6.07, 6.45) is 3.33. The number of rotatable bonds is 6. The van der Waals surface area contributed by atoms with Gasteiger partial charge >= 0.3 is 0 Å². The summed E-state index contributed by atoms with van der Waals surface area (Å²) in [7, 11) is 2.13. The summed E-state index contributed by atoms with van der Waals surface area (Å²) in [6.45, 7) is 6.87. The second kappa shape index (κ2) is 7.02. The van der Waals surface area contributed by atoms with Crippen LogP contribution in [0.1, 0.15) is 27.9 Å². The second-order valence-corrected chi connectivity index (χ2v) is 6.67. The van der Waals surface area contributed by atoms with Crippen molar-refractivity contribution >= 4 is 11.3 Å². The average Bonchev–Trinajstić information content (AvgIpc) is 3.17. The van der Waals surface area contributed by atoms with Crippen LogP contribution in [0.3, 0.4) is 0 Å². The molecule has 0 radical (unpaired) electrons. The molecule has 0 amide bonds. The Bertz CT molecular complexity index is 750. The molecule has 0 bridgehead atoms. The third kappa shape index (κ3) is 4.03. The number of aryl methyl sites for hydroxylation is 2. The zero-order valence-corrected chi connectivity index (χ0v) is 14.5. The van der Waals surface area contributed by atoms with E-state index in [-0.39, 0.29) is 0 Å². The van der Waals surface area contributed by atoms with Crippen LogP contribution in [-0.2, 0) is 19.6 Å². The Balaban J connectivity index is 1.75. The Hall–Kier alpha value is -2.05. The maximum Gasteiger partial charge on any atom is 0.137 e. The lowest BCUT2D eigenvalue weighted by atomic mass is 9.99. The predicted molar refractivity (Wildman–Crippen MR) is 92.3 cm³/mol. The standard InChI is InChI=1S/C17H21N5S/c1-13-4-14(2)16(7-22-11-18-10-20-22)5-15(13)6-21(3)8-17-9-23-12-19-17/h4-5,9-12H,6-8H2,1-3H3. The molecule has 0 fully saturated rings. The summed E-state index contributed by atoms with van der Waals surface area (Å²) in [5, 5.41) is 6.31. The van der Waals surface area contributed by atoms with E-state index in [0.29, 0.717) is 0 Å². The van der Waals surface area contributed by atoms with Crippen molar-refractivity contribution in [2.75, 3.05) is 7.05 Å². The van der Waals surface area contributed by atoms with Gasteiger partial charge in [0.05, 0.1) is 17.7 Å². The number of aromatic nitrogens is 4. The molecule has 1 aromatic carbocycles. The Morgan fingerprint density at radius 1 is 1.13 bits per heavy atom. The van der Waals surface area contributed by atoms with Crippen LogP contribution in [0.4, 0.5) is 0 Å². The highest BCUT2D eigenvalue weighted by Gasteiger charge is 2.09. The zero-order chi connectivity index (χ0) is 16.2. The van der Waals surface area contributed by atoms with Crippen molar-refractivity contribution in [2.45, 2.75) is 33.5 Å². The molecular weight excluding hydrogens is 306 g/mol. The molecule has 0 saturated heterocycles. The van der Waals surface area contributed by atoms with Gasteiger partial charge in [0.25, 0.3) is 0 Å². The van der Waals surface area contributed by atoms with Gasteiger partial charge in [-0.15, -0.1) is 11.3 Å². The van der Waals surface area contributed by atoms with E-state index < -0.39 is 0 Å². The van der Waals surface area contributed by atoms with Crippen LogP contribution in [0.25, 0.3) is 0 Å². The molecule has 2 aromatic heterocycles. The van der Waals surface area contributed by atoms with Crippen LogP contribution in [0.2, 0.25) is 0 Å². The Morgan fingerprint density at radius 3 is 2.65 bits per heavy atom. The fraction of sp³-hybridized carbons (Fsp3) is 0.353. The first kappa shape index (κ1) is 15.8. The molecule has 0 aliphatic carbocycles. The zero-order valence-electron chi connectivity index (χ0n) is 13.7. The van der Waals surface area contributed by atoms with Crippen molar-refractivity contribution in [2.24, 2.45) is 0 Å². The normalized spacial score (nSPS) is 11.3. The monoisotopic (exact) mass is 327 g/mol. The fourth-order valence-corrected chi connectivity index (χ4v) is 3.27. The molecule has 0 spiro atoms. The minimum absolute atomic E-state index is 0.759. The van der Waals surface area contributed by atoms with Crippen LogP contribution in [0.5, 0.6) is 0 Å². The smallest absolute Gasteiger partial charge is 0.137 e. The predicted octanol–water partition coefficient (Wildman–Crippen LogP) is 3.03. The molecule has 0 aliphatic heterocycles. The lowest BCUT2D eigenvalue weighted by Gasteiger charge is -2.19. The summed E-state index contributed by atoms with van der Waals surface area (Å²) >= 11 is 1.64. The van der Waals surface area contributed by atoms with Gasteiger partial charge in [0, 0.05) is 18.5 Å². The second-order valence-electron chi connectivity index (χ2n) is 5.95. The molecule has 23 heavy (non-hydrogen) atoms. The van der Waals surface area contributed by atoms with Gasteiger partial charge in [-0.2, -0.15) is 5.10 Å². The quantitative estimate of drug-likeness (QED) is 0.698. The maximum absolute atomic E-state index is 4.36. The van der Waals surface area contributed by atoms with E-state index in [2.05, 4.69) is 58.4 Å². The van der Waals surface area contributed by atoms with E-state index in [0.717, 1.165) is 25.3 Å². The van der Waals surface area contributed by atoms with Crippen molar-refractivity contribution in [3.8, 4) is 0 Å². The van der Waals surface area contributed by atoms with Crippen molar-refractivity contribution in [3.05, 3.63) is 63.6 Å². The first-order valence-electron chi connectivity index (χ1n) is 7.59. The summed E-state index contributed by atoms with van der Waals surface area (Å²) < 4.78 is 1.86. The highest BCUT2D eigenvalue weighted by atomic mass is 32.1. The number of benzene rings is 1. The highest BCUT2D eigenvalue weighted by molar-refractivity contribution is 7.07. The van der Waals surface area contributed by atoms with Gasteiger partial charge in [0.15, 0.2) is 0 Å². The SMILES string of the molecule is Cc1cc(C)c(Cn2cncn2)cc1CN(C)Cc1cscn1. The molecule has 0 saturated carbocycles. The topological polar surface area (TPSA) is 46.8 Å². The van der Waals surface area contributed by atoms with E-state index in [1.165, 1.54) is 22.3 Å². The molecule has 3 aromatic rings. The maximum atomic E-state index is 4.36. The molecule has 0 atom stereocenters. The van der Waals surface area contributed by atoms with Gasteiger partial charge in [-0.05, 0) is 43.1 Å². The Morgan fingerprint density at radius 2 is 1.96 bits per heavy atom. The largest absolute Gasteiger partial charge is 0.296 e. The number of nitrogens with zero attached hydrogens (tertiary/aromatic N) is 5. The van der Waals surface area contributed by atoms with Gasteiger partial charge < -0.3 is 0 Å². The first-order valence-corrected chi connectivity index (χ1v) is 8.53. The van der Waals surface area contributed by atoms with Crippen molar-refractivity contribution in [1.82, 2.24) is 24.6 Å². The molecule has 120 valence electrons. The number of hydrogen-bond donors (Lipinski definition) is 0. The van der Waals surface area contributed by atoms with Crippen LogP contribution >= 0.6 is 11.3 Å². The van der Waals surface area contributed by atoms with Crippen molar-refractivity contribution in [3.63, 3.8) is 0 Å². The third-order valence-corrected chi connectivity index (χ3v) is 4.58. The molecule has 3 rings (SSSR count). The van der Waals surface area contributed by atoms with E-state index in [4.69, 9.17) is 0 Å².